The number of carbonyl (C=O) groups is 1. The van der Waals surface area contributed by atoms with Gasteiger partial charge in [0.1, 0.15) is 6.61 Å². The summed E-state index contributed by atoms with van der Waals surface area (Å²) in [5, 5.41) is 9.21. The zero-order valence-electron chi connectivity index (χ0n) is 14.4. The standard InChI is InChI=1S/C18H18ClF3O4/c1-9-6-10(2)15(17(23)24)16(12(9)8-26-25-3)11-4-5-14(19)13(7-11)18(20,21)22/h4-5,7,16H,6,8H2,1-3H3,(H,23,24). The van der Waals surface area contributed by atoms with Crippen molar-refractivity contribution in [3.05, 3.63) is 56.6 Å². The van der Waals surface area contributed by atoms with E-state index in [1.54, 1.807) is 13.8 Å². The molecule has 2 rings (SSSR count). The normalized spacial score (nSPS) is 18.5. The zero-order valence-corrected chi connectivity index (χ0v) is 15.2. The molecule has 0 fully saturated rings. The van der Waals surface area contributed by atoms with Crippen LogP contribution in [0.4, 0.5) is 13.2 Å². The van der Waals surface area contributed by atoms with Crippen LogP contribution < -0.4 is 0 Å². The fourth-order valence-corrected chi connectivity index (χ4v) is 3.44. The SMILES string of the molecule is COOCC1=C(C)CC(C)=C(C(=O)O)C1c1ccc(Cl)c(C(F)(F)F)c1. The van der Waals surface area contributed by atoms with E-state index < -0.39 is 28.6 Å². The monoisotopic (exact) mass is 390 g/mol. The Labute approximate surface area is 153 Å². The fourth-order valence-electron chi connectivity index (χ4n) is 3.22. The van der Waals surface area contributed by atoms with Gasteiger partial charge >= 0.3 is 12.1 Å². The molecule has 142 valence electrons. The van der Waals surface area contributed by atoms with E-state index in [2.05, 4.69) is 4.89 Å². The molecule has 0 bridgehead atoms. The van der Waals surface area contributed by atoms with Gasteiger partial charge in [-0.25, -0.2) is 14.6 Å². The molecule has 0 aliphatic heterocycles. The van der Waals surface area contributed by atoms with Gasteiger partial charge in [-0.15, -0.1) is 0 Å². The molecule has 26 heavy (non-hydrogen) atoms. The van der Waals surface area contributed by atoms with Crippen LogP contribution in [0.2, 0.25) is 5.02 Å². The lowest BCUT2D eigenvalue weighted by Crippen LogP contribution is -2.23. The molecule has 0 aromatic heterocycles. The predicted octanol–water partition coefficient (Wildman–Crippen LogP) is 5.14. The molecule has 0 spiro atoms. The maximum Gasteiger partial charge on any atom is 0.417 e. The summed E-state index contributed by atoms with van der Waals surface area (Å²) in [4.78, 5) is 21.4. The summed E-state index contributed by atoms with van der Waals surface area (Å²) in [6, 6.07) is 3.44. The minimum absolute atomic E-state index is 0.0424. The predicted molar refractivity (Wildman–Crippen MR) is 89.8 cm³/mol. The number of benzene rings is 1. The van der Waals surface area contributed by atoms with Gasteiger partial charge in [-0.1, -0.05) is 28.8 Å². The summed E-state index contributed by atoms with van der Waals surface area (Å²) in [5.41, 5.74) is 1.20. The van der Waals surface area contributed by atoms with Crippen molar-refractivity contribution in [2.45, 2.75) is 32.4 Å². The van der Waals surface area contributed by atoms with E-state index in [9.17, 15) is 23.1 Å². The number of rotatable bonds is 5. The number of hydrogen-bond donors (Lipinski definition) is 1. The summed E-state index contributed by atoms with van der Waals surface area (Å²) in [6.45, 7) is 3.40. The van der Waals surface area contributed by atoms with Crippen molar-refractivity contribution in [1.29, 1.82) is 0 Å². The van der Waals surface area contributed by atoms with Gasteiger partial charge in [-0.05, 0) is 43.5 Å². The summed E-state index contributed by atoms with van der Waals surface area (Å²) in [6.07, 6.45) is -4.24. The molecule has 0 saturated carbocycles. The second-order valence-corrected chi connectivity index (χ2v) is 6.49. The molecule has 4 nitrogen and oxygen atoms in total. The average molecular weight is 391 g/mol. The van der Waals surface area contributed by atoms with Crippen LogP contribution >= 0.6 is 11.6 Å². The Hall–Kier alpha value is -1.83. The third kappa shape index (κ3) is 4.11. The Morgan fingerprint density at radius 1 is 1.31 bits per heavy atom. The van der Waals surface area contributed by atoms with Crippen LogP contribution in [0.5, 0.6) is 0 Å². The highest BCUT2D eigenvalue weighted by atomic mass is 35.5. The molecule has 1 aromatic carbocycles. The van der Waals surface area contributed by atoms with Crippen molar-refractivity contribution >= 4 is 17.6 Å². The first-order valence-electron chi connectivity index (χ1n) is 7.71. The van der Waals surface area contributed by atoms with Crippen LogP contribution in [0, 0.1) is 0 Å². The first-order valence-corrected chi connectivity index (χ1v) is 8.09. The van der Waals surface area contributed by atoms with E-state index in [0.29, 0.717) is 17.6 Å². The summed E-state index contributed by atoms with van der Waals surface area (Å²) < 4.78 is 39.7. The topological polar surface area (TPSA) is 55.8 Å². The maximum atomic E-state index is 13.2. The van der Waals surface area contributed by atoms with Gasteiger partial charge in [0.2, 0.25) is 0 Å². The third-order valence-corrected chi connectivity index (χ3v) is 4.70. The van der Waals surface area contributed by atoms with Gasteiger partial charge in [-0.2, -0.15) is 13.2 Å². The number of aliphatic carboxylic acids is 1. The van der Waals surface area contributed by atoms with Crippen LogP contribution in [0.25, 0.3) is 0 Å². The Bertz CT molecular complexity index is 781. The largest absolute Gasteiger partial charge is 0.478 e. The second-order valence-electron chi connectivity index (χ2n) is 6.08. The Morgan fingerprint density at radius 2 is 1.96 bits per heavy atom. The minimum atomic E-state index is -4.65. The summed E-state index contributed by atoms with van der Waals surface area (Å²) in [5.74, 6) is -2.06. The number of hydrogen-bond acceptors (Lipinski definition) is 3. The van der Waals surface area contributed by atoms with Gasteiger partial charge in [0.25, 0.3) is 0 Å². The van der Waals surface area contributed by atoms with Crippen molar-refractivity contribution in [2.24, 2.45) is 0 Å². The van der Waals surface area contributed by atoms with Crippen molar-refractivity contribution in [2.75, 3.05) is 13.7 Å². The van der Waals surface area contributed by atoms with Crippen LogP contribution in [0.3, 0.4) is 0 Å². The first kappa shape index (κ1) is 20.5. The highest BCUT2D eigenvalue weighted by molar-refractivity contribution is 6.31. The van der Waals surface area contributed by atoms with E-state index in [4.69, 9.17) is 16.5 Å². The lowest BCUT2D eigenvalue weighted by atomic mass is 9.75. The Morgan fingerprint density at radius 3 is 2.50 bits per heavy atom. The number of carboxylic acids is 1. The molecule has 8 heteroatoms. The number of alkyl halides is 3. The van der Waals surface area contributed by atoms with E-state index in [0.717, 1.165) is 17.7 Å². The lowest BCUT2D eigenvalue weighted by molar-refractivity contribution is -0.265. The fraction of sp³-hybridized carbons (Fsp3) is 0.389. The quantitative estimate of drug-likeness (QED) is 0.429. The maximum absolute atomic E-state index is 13.2. The molecule has 0 heterocycles. The number of carboxylic acid groups (broad SMARTS) is 1. The van der Waals surface area contributed by atoms with Gasteiger partial charge in [0.15, 0.2) is 0 Å². The average Bonchev–Trinajstić information content (AvgIpc) is 2.52. The van der Waals surface area contributed by atoms with E-state index in [1.165, 1.54) is 13.2 Å². The van der Waals surface area contributed by atoms with Gasteiger partial charge in [0, 0.05) is 11.5 Å². The lowest BCUT2D eigenvalue weighted by Gasteiger charge is -2.30. The van der Waals surface area contributed by atoms with Crippen LogP contribution in [-0.4, -0.2) is 24.8 Å². The molecule has 0 radical (unpaired) electrons. The first-order chi connectivity index (χ1) is 12.1. The summed E-state index contributed by atoms with van der Waals surface area (Å²) in [7, 11) is 1.30. The van der Waals surface area contributed by atoms with E-state index in [1.807, 2.05) is 0 Å². The van der Waals surface area contributed by atoms with E-state index >= 15 is 0 Å². The van der Waals surface area contributed by atoms with E-state index in [-0.39, 0.29) is 17.7 Å². The van der Waals surface area contributed by atoms with Gasteiger partial charge in [-0.3, -0.25) is 0 Å². The Kier molecular flexibility index (Phi) is 6.16. The second kappa shape index (κ2) is 7.82. The summed E-state index contributed by atoms with van der Waals surface area (Å²) >= 11 is 5.69. The molecule has 1 N–H and O–H groups in total. The molecular weight excluding hydrogens is 373 g/mol. The third-order valence-electron chi connectivity index (χ3n) is 4.37. The highest BCUT2D eigenvalue weighted by Crippen LogP contribution is 2.44. The molecule has 1 aromatic rings. The van der Waals surface area contributed by atoms with Crippen LogP contribution in [0.1, 0.15) is 37.3 Å². The van der Waals surface area contributed by atoms with Gasteiger partial charge in [0.05, 0.1) is 17.7 Å². The van der Waals surface area contributed by atoms with Crippen molar-refractivity contribution in [1.82, 2.24) is 0 Å². The number of halogens is 4. The molecular formula is C18H18ClF3O4. The zero-order chi connectivity index (χ0) is 19.6. The van der Waals surface area contributed by atoms with Crippen LogP contribution in [-0.2, 0) is 20.7 Å². The van der Waals surface area contributed by atoms with Crippen molar-refractivity contribution in [3.63, 3.8) is 0 Å². The highest BCUT2D eigenvalue weighted by Gasteiger charge is 2.37. The molecule has 1 aliphatic rings. The molecule has 0 amide bonds. The van der Waals surface area contributed by atoms with Gasteiger partial charge < -0.3 is 5.11 Å². The molecule has 0 saturated heterocycles. The molecule has 1 aliphatic carbocycles. The smallest absolute Gasteiger partial charge is 0.417 e. The molecule has 1 unspecified atom stereocenters. The minimum Gasteiger partial charge on any atom is -0.478 e. The van der Waals surface area contributed by atoms with Crippen LogP contribution in [0.15, 0.2) is 40.5 Å². The Balaban J connectivity index is 2.66. The molecule has 1 atom stereocenters. The number of allylic oxidation sites excluding steroid dienone is 2. The van der Waals surface area contributed by atoms with Crippen molar-refractivity contribution in [3.8, 4) is 0 Å². The van der Waals surface area contributed by atoms with Crippen molar-refractivity contribution < 1.29 is 32.8 Å².